The van der Waals surface area contributed by atoms with Gasteiger partial charge in [0.2, 0.25) is 0 Å². The Kier molecular flexibility index (Phi) is 5.27. The van der Waals surface area contributed by atoms with E-state index in [1.165, 1.54) is 12.8 Å². The summed E-state index contributed by atoms with van der Waals surface area (Å²) in [6, 6.07) is 11.5. The Balaban J connectivity index is 1.37. The fourth-order valence-electron chi connectivity index (χ4n) is 3.43. The van der Waals surface area contributed by atoms with Crippen molar-refractivity contribution < 1.29 is 9.21 Å². The quantitative estimate of drug-likeness (QED) is 0.699. The van der Waals surface area contributed by atoms with Crippen LogP contribution in [0.4, 0.5) is 0 Å². The summed E-state index contributed by atoms with van der Waals surface area (Å²) in [7, 11) is 0. The molecule has 1 aromatic carbocycles. The Morgan fingerprint density at radius 3 is 2.85 bits per heavy atom. The van der Waals surface area contributed by atoms with Crippen LogP contribution in [0.1, 0.15) is 54.1 Å². The summed E-state index contributed by atoms with van der Waals surface area (Å²) in [4.78, 5) is 19.6. The van der Waals surface area contributed by atoms with Gasteiger partial charge in [0.15, 0.2) is 5.76 Å². The second-order valence-electron chi connectivity index (χ2n) is 7.44. The van der Waals surface area contributed by atoms with Gasteiger partial charge in [-0.05, 0) is 63.0 Å². The van der Waals surface area contributed by atoms with E-state index in [0.717, 1.165) is 46.5 Å². The molecular formula is C21H25N3O2S. The molecule has 1 aliphatic rings. The SMILES string of the molecule is CC1CCN(Cc2ccc(C(=O)NC(C)c3nc4ccccc4s3)o2)CC1. The molecule has 3 heterocycles. The molecule has 0 radical (unpaired) electrons. The molecule has 1 N–H and O–H groups in total. The fraction of sp³-hybridized carbons (Fsp3) is 0.429. The third-order valence-corrected chi connectivity index (χ3v) is 6.39. The minimum absolute atomic E-state index is 0.160. The van der Waals surface area contributed by atoms with Crippen molar-refractivity contribution in [3.63, 3.8) is 0 Å². The number of benzene rings is 1. The van der Waals surface area contributed by atoms with E-state index in [2.05, 4.69) is 22.1 Å². The normalized spacial score (nSPS) is 17.3. The van der Waals surface area contributed by atoms with Crippen LogP contribution in [0, 0.1) is 5.92 Å². The predicted molar refractivity (Wildman–Crippen MR) is 108 cm³/mol. The first-order valence-electron chi connectivity index (χ1n) is 9.56. The van der Waals surface area contributed by atoms with E-state index in [9.17, 15) is 4.79 Å². The third-order valence-electron chi connectivity index (χ3n) is 5.17. The van der Waals surface area contributed by atoms with Crippen LogP contribution < -0.4 is 5.32 Å². The standard InChI is InChI=1S/C21H25N3O2S/c1-14-9-11-24(12-10-14)13-16-7-8-18(26-16)20(25)22-15(2)21-23-17-5-3-4-6-19(17)27-21/h3-8,14-15H,9-13H2,1-2H3,(H,22,25). The first-order chi connectivity index (χ1) is 13.1. The molecule has 1 amide bonds. The minimum Gasteiger partial charge on any atom is -0.455 e. The zero-order valence-corrected chi connectivity index (χ0v) is 16.6. The van der Waals surface area contributed by atoms with Crippen LogP contribution in [0.5, 0.6) is 0 Å². The highest BCUT2D eigenvalue weighted by molar-refractivity contribution is 7.18. The summed E-state index contributed by atoms with van der Waals surface area (Å²) in [5.74, 6) is 1.83. The summed E-state index contributed by atoms with van der Waals surface area (Å²) >= 11 is 1.61. The van der Waals surface area contributed by atoms with Crippen molar-refractivity contribution in [3.8, 4) is 0 Å². The molecule has 142 valence electrons. The Morgan fingerprint density at radius 1 is 1.30 bits per heavy atom. The lowest BCUT2D eigenvalue weighted by Gasteiger charge is -2.29. The maximum atomic E-state index is 12.6. The molecule has 0 saturated carbocycles. The van der Waals surface area contributed by atoms with Gasteiger partial charge in [-0.25, -0.2) is 4.98 Å². The molecule has 2 aromatic heterocycles. The van der Waals surface area contributed by atoms with Crippen LogP contribution in [-0.4, -0.2) is 28.9 Å². The maximum absolute atomic E-state index is 12.6. The van der Waals surface area contributed by atoms with E-state index in [4.69, 9.17) is 4.42 Å². The zero-order chi connectivity index (χ0) is 18.8. The third kappa shape index (κ3) is 4.22. The van der Waals surface area contributed by atoms with Gasteiger partial charge < -0.3 is 9.73 Å². The van der Waals surface area contributed by atoms with Crippen molar-refractivity contribution in [2.45, 2.75) is 39.3 Å². The number of aromatic nitrogens is 1. The van der Waals surface area contributed by atoms with Crippen molar-refractivity contribution in [3.05, 3.63) is 52.9 Å². The topological polar surface area (TPSA) is 58.4 Å². The molecule has 1 aliphatic heterocycles. The number of fused-ring (bicyclic) bond motifs is 1. The number of piperidine rings is 1. The van der Waals surface area contributed by atoms with Crippen molar-refractivity contribution in [2.75, 3.05) is 13.1 Å². The van der Waals surface area contributed by atoms with Gasteiger partial charge >= 0.3 is 0 Å². The number of furan rings is 1. The number of thiazole rings is 1. The highest BCUT2D eigenvalue weighted by Crippen LogP contribution is 2.26. The van der Waals surface area contributed by atoms with Crippen molar-refractivity contribution >= 4 is 27.5 Å². The highest BCUT2D eigenvalue weighted by atomic mass is 32.1. The van der Waals surface area contributed by atoms with Crippen molar-refractivity contribution in [2.24, 2.45) is 5.92 Å². The lowest BCUT2D eigenvalue weighted by atomic mass is 9.99. The van der Waals surface area contributed by atoms with Gasteiger partial charge in [0.25, 0.3) is 5.91 Å². The molecular weight excluding hydrogens is 358 g/mol. The first kappa shape index (κ1) is 18.2. The van der Waals surface area contributed by atoms with Gasteiger partial charge in [0.1, 0.15) is 10.8 Å². The number of amides is 1. The molecule has 1 saturated heterocycles. The number of nitrogens with one attached hydrogen (secondary N) is 1. The molecule has 4 rings (SSSR count). The maximum Gasteiger partial charge on any atom is 0.287 e. The van der Waals surface area contributed by atoms with Gasteiger partial charge in [-0.1, -0.05) is 19.1 Å². The van der Waals surface area contributed by atoms with Crippen LogP contribution in [0.15, 0.2) is 40.8 Å². The largest absolute Gasteiger partial charge is 0.455 e. The van der Waals surface area contributed by atoms with Crippen LogP contribution in [0.3, 0.4) is 0 Å². The molecule has 3 aromatic rings. The zero-order valence-electron chi connectivity index (χ0n) is 15.8. The molecule has 1 fully saturated rings. The fourth-order valence-corrected chi connectivity index (χ4v) is 4.40. The summed E-state index contributed by atoms with van der Waals surface area (Å²) in [5.41, 5.74) is 0.967. The van der Waals surface area contributed by atoms with Gasteiger partial charge in [-0.15, -0.1) is 11.3 Å². The van der Waals surface area contributed by atoms with Crippen LogP contribution >= 0.6 is 11.3 Å². The van der Waals surface area contributed by atoms with Crippen molar-refractivity contribution in [1.82, 2.24) is 15.2 Å². The Hall–Kier alpha value is -2.18. The Bertz CT molecular complexity index is 891. The molecule has 6 heteroatoms. The van der Waals surface area contributed by atoms with E-state index in [1.807, 2.05) is 37.3 Å². The van der Waals surface area contributed by atoms with Gasteiger partial charge in [-0.2, -0.15) is 0 Å². The average molecular weight is 384 g/mol. The first-order valence-corrected chi connectivity index (χ1v) is 10.4. The van der Waals surface area contributed by atoms with Crippen molar-refractivity contribution in [1.29, 1.82) is 0 Å². The van der Waals surface area contributed by atoms with E-state index in [1.54, 1.807) is 17.4 Å². The number of rotatable bonds is 5. The van der Waals surface area contributed by atoms with E-state index in [-0.39, 0.29) is 11.9 Å². The molecule has 0 bridgehead atoms. The van der Waals surface area contributed by atoms with Gasteiger partial charge in [-0.3, -0.25) is 9.69 Å². The number of hydrogen-bond acceptors (Lipinski definition) is 5. The molecule has 27 heavy (non-hydrogen) atoms. The van der Waals surface area contributed by atoms with E-state index < -0.39 is 0 Å². The van der Waals surface area contributed by atoms with Crippen LogP contribution in [-0.2, 0) is 6.54 Å². The molecule has 1 atom stereocenters. The number of hydrogen-bond donors (Lipinski definition) is 1. The van der Waals surface area contributed by atoms with Crippen LogP contribution in [0.2, 0.25) is 0 Å². The number of para-hydroxylation sites is 1. The van der Waals surface area contributed by atoms with Gasteiger partial charge in [0.05, 0.1) is 22.8 Å². The number of carbonyl (C=O) groups excluding carboxylic acids is 1. The Morgan fingerprint density at radius 2 is 2.07 bits per heavy atom. The lowest BCUT2D eigenvalue weighted by molar-refractivity contribution is 0.0906. The monoisotopic (exact) mass is 383 g/mol. The van der Waals surface area contributed by atoms with Crippen LogP contribution in [0.25, 0.3) is 10.2 Å². The second kappa shape index (κ2) is 7.82. The lowest BCUT2D eigenvalue weighted by Crippen LogP contribution is -2.32. The minimum atomic E-state index is -0.194. The molecule has 1 unspecified atom stereocenters. The molecule has 5 nitrogen and oxygen atoms in total. The van der Waals surface area contributed by atoms with E-state index >= 15 is 0 Å². The number of likely N-dealkylation sites (tertiary alicyclic amines) is 1. The molecule has 0 spiro atoms. The second-order valence-corrected chi connectivity index (χ2v) is 8.50. The predicted octanol–water partition coefficient (Wildman–Crippen LogP) is 4.61. The number of nitrogens with zero attached hydrogens (tertiary/aromatic N) is 2. The number of carbonyl (C=O) groups is 1. The average Bonchev–Trinajstić information content (AvgIpc) is 3.30. The van der Waals surface area contributed by atoms with E-state index in [0.29, 0.717) is 5.76 Å². The summed E-state index contributed by atoms with van der Waals surface area (Å²) in [6.45, 7) is 7.22. The summed E-state index contributed by atoms with van der Waals surface area (Å²) in [5, 5.41) is 3.90. The smallest absolute Gasteiger partial charge is 0.287 e. The highest BCUT2D eigenvalue weighted by Gasteiger charge is 2.20. The summed E-state index contributed by atoms with van der Waals surface area (Å²) in [6.07, 6.45) is 2.46. The van der Waals surface area contributed by atoms with Gasteiger partial charge in [0, 0.05) is 0 Å². The molecule has 0 aliphatic carbocycles. The summed E-state index contributed by atoms with van der Waals surface area (Å²) < 4.78 is 6.93. The Labute approximate surface area is 163 Å².